The number of aromatic nitrogens is 2. The SMILES string of the molecule is O=C(O)c1nn(-c2ccccc2Br)c2c1CCCC2. The average Bonchev–Trinajstić information content (AvgIpc) is 2.79. The minimum Gasteiger partial charge on any atom is -0.476 e. The van der Waals surface area contributed by atoms with Gasteiger partial charge < -0.3 is 5.11 Å². The number of hydrogen-bond acceptors (Lipinski definition) is 2. The van der Waals surface area contributed by atoms with Crippen LogP contribution in [0.2, 0.25) is 0 Å². The van der Waals surface area contributed by atoms with Crippen LogP contribution in [0.25, 0.3) is 5.69 Å². The van der Waals surface area contributed by atoms with Gasteiger partial charge in [-0.3, -0.25) is 0 Å². The van der Waals surface area contributed by atoms with Crippen molar-refractivity contribution in [2.45, 2.75) is 25.7 Å². The van der Waals surface area contributed by atoms with Crippen molar-refractivity contribution in [3.8, 4) is 5.69 Å². The van der Waals surface area contributed by atoms with Crippen LogP contribution in [0.4, 0.5) is 0 Å². The molecule has 0 atom stereocenters. The monoisotopic (exact) mass is 320 g/mol. The molecular formula is C14H13BrN2O2. The normalized spacial score (nSPS) is 14.2. The first-order valence-corrected chi connectivity index (χ1v) is 7.06. The van der Waals surface area contributed by atoms with E-state index in [-0.39, 0.29) is 5.69 Å². The summed E-state index contributed by atoms with van der Waals surface area (Å²) in [6.07, 6.45) is 3.81. The second-order valence-corrected chi connectivity index (χ2v) is 5.50. The molecule has 0 saturated heterocycles. The van der Waals surface area contributed by atoms with Crippen LogP contribution in [-0.4, -0.2) is 20.9 Å². The number of rotatable bonds is 2. The van der Waals surface area contributed by atoms with Crippen molar-refractivity contribution in [1.82, 2.24) is 9.78 Å². The maximum Gasteiger partial charge on any atom is 0.356 e. The van der Waals surface area contributed by atoms with Crippen LogP contribution < -0.4 is 0 Å². The van der Waals surface area contributed by atoms with Crippen molar-refractivity contribution in [2.24, 2.45) is 0 Å². The lowest BCUT2D eigenvalue weighted by molar-refractivity contribution is 0.0688. The minimum absolute atomic E-state index is 0.199. The van der Waals surface area contributed by atoms with Gasteiger partial charge in [-0.1, -0.05) is 12.1 Å². The minimum atomic E-state index is -0.941. The Labute approximate surface area is 119 Å². The summed E-state index contributed by atoms with van der Waals surface area (Å²) in [5.41, 5.74) is 3.03. The van der Waals surface area contributed by atoms with E-state index in [1.807, 2.05) is 24.3 Å². The molecule has 0 amide bonds. The van der Waals surface area contributed by atoms with Crippen molar-refractivity contribution in [1.29, 1.82) is 0 Å². The van der Waals surface area contributed by atoms with Crippen molar-refractivity contribution in [2.75, 3.05) is 0 Å². The number of para-hydroxylation sites is 1. The molecule has 1 aliphatic carbocycles. The first-order chi connectivity index (χ1) is 9.18. The van der Waals surface area contributed by atoms with Gasteiger partial charge >= 0.3 is 5.97 Å². The van der Waals surface area contributed by atoms with Crippen LogP contribution in [0.1, 0.15) is 34.6 Å². The maximum absolute atomic E-state index is 11.3. The number of carbonyl (C=O) groups is 1. The Bertz CT molecular complexity index is 649. The summed E-state index contributed by atoms with van der Waals surface area (Å²) in [6, 6.07) is 7.74. The molecule has 4 nitrogen and oxygen atoms in total. The number of hydrogen-bond donors (Lipinski definition) is 1. The predicted octanol–water partition coefficient (Wildman–Crippen LogP) is 3.21. The summed E-state index contributed by atoms with van der Waals surface area (Å²) in [5.74, 6) is -0.941. The maximum atomic E-state index is 11.3. The highest BCUT2D eigenvalue weighted by Gasteiger charge is 2.25. The Kier molecular flexibility index (Phi) is 3.14. The Morgan fingerprint density at radius 2 is 2.00 bits per heavy atom. The largest absolute Gasteiger partial charge is 0.476 e. The molecule has 1 aliphatic rings. The lowest BCUT2D eigenvalue weighted by Gasteiger charge is -2.14. The van der Waals surface area contributed by atoms with Crippen LogP contribution in [0, 0.1) is 0 Å². The quantitative estimate of drug-likeness (QED) is 0.924. The van der Waals surface area contributed by atoms with E-state index in [2.05, 4.69) is 21.0 Å². The number of halogens is 1. The first kappa shape index (κ1) is 12.4. The average molecular weight is 321 g/mol. The zero-order valence-electron chi connectivity index (χ0n) is 10.3. The lowest BCUT2D eigenvalue weighted by atomic mass is 9.95. The molecule has 98 valence electrons. The van der Waals surface area contributed by atoms with Crippen LogP contribution in [0.3, 0.4) is 0 Å². The van der Waals surface area contributed by atoms with Gasteiger partial charge in [0.25, 0.3) is 0 Å². The number of carboxylic acid groups (broad SMARTS) is 1. The van der Waals surface area contributed by atoms with Gasteiger partial charge in [-0.2, -0.15) is 5.10 Å². The van der Waals surface area contributed by atoms with E-state index >= 15 is 0 Å². The summed E-state index contributed by atoms with van der Waals surface area (Å²) < 4.78 is 2.70. The third-order valence-electron chi connectivity index (χ3n) is 3.46. The van der Waals surface area contributed by atoms with Crippen molar-refractivity contribution in [3.63, 3.8) is 0 Å². The highest BCUT2D eigenvalue weighted by molar-refractivity contribution is 9.10. The number of aromatic carboxylic acids is 1. The molecule has 1 heterocycles. The van der Waals surface area contributed by atoms with Gasteiger partial charge in [0, 0.05) is 15.7 Å². The second-order valence-electron chi connectivity index (χ2n) is 4.65. The standard InChI is InChI=1S/C14H13BrN2O2/c15-10-6-2-4-8-12(10)17-11-7-3-1-5-9(11)13(16-17)14(18)19/h2,4,6,8H,1,3,5,7H2,(H,18,19). The first-order valence-electron chi connectivity index (χ1n) is 6.27. The van der Waals surface area contributed by atoms with Crippen LogP contribution in [0.15, 0.2) is 28.7 Å². The van der Waals surface area contributed by atoms with Crippen LogP contribution >= 0.6 is 15.9 Å². The molecule has 5 heteroatoms. The molecule has 0 unspecified atom stereocenters. The van der Waals surface area contributed by atoms with E-state index < -0.39 is 5.97 Å². The molecule has 1 aromatic carbocycles. The third kappa shape index (κ3) is 2.08. The summed E-state index contributed by atoms with van der Waals surface area (Å²) >= 11 is 3.50. The molecule has 2 aromatic rings. The van der Waals surface area contributed by atoms with E-state index in [9.17, 15) is 9.90 Å². The van der Waals surface area contributed by atoms with E-state index in [1.54, 1.807) is 4.68 Å². The van der Waals surface area contributed by atoms with Crippen LogP contribution in [-0.2, 0) is 12.8 Å². The fourth-order valence-corrected chi connectivity index (χ4v) is 3.05. The second kappa shape index (κ2) is 4.81. The molecule has 0 spiro atoms. The summed E-state index contributed by atoms with van der Waals surface area (Å²) in [6.45, 7) is 0. The van der Waals surface area contributed by atoms with Gasteiger partial charge in [-0.05, 0) is 53.7 Å². The zero-order chi connectivity index (χ0) is 13.4. The molecule has 3 rings (SSSR count). The Morgan fingerprint density at radius 1 is 1.26 bits per heavy atom. The molecule has 0 radical (unpaired) electrons. The summed E-state index contributed by atoms with van der Waals surface area (Å²) in [7, 11) is 0. The lowest BCUT2D eigenvalue weighted by Crippen LogP contribution is -2.08. The predicted molar refractivity (Wildman–Crippen MR) is 74.9 cm³/mol. The third-order valence-corrected chi connectivity index (χ3v) is 4.13. The number of benzene rings is 1. The van der Waals surface area contributed by atoms with Gasteiger partial charge in [-0.15, -0.1) is 0 Å². The van der Waals surface area contributed by atoms with Gasteiger partial charge in [0.15, 0.2) is 5.69 Å². The van der Waals surface area contributed by atoms with E-state index in [0.29, 0.717) is 0 Å². The topological polar surface area (TPSA) is 55.1 Å². The number of fused-ring (bicyclic) bond motifs is 1. The van der Waals surface area contributed by atoms with Crippen LogP contribution in [0.5, 0.6) is 0 Å². The fourth-order valence-electron chi connectivity index (χ4n) is 2.59. The molecule has 0 aliphatic heterocycles. The fraction of sp³-hybridized carbons (Fsp3) is 0.286. The van der Waals surface area contributed by atoms with E-state index in [4.69, 9.17) is 0 Å². The Hall–Kier alpha value is -1.62. The number of nitrogens with zero attached hydrogens (tertiary/aromatic N) is 2. The van der Waals surface area contributed by atoms with E-state index in [0.717, 1.165) is 47.1 Å². The Morgan fingerprint density at radius 3 is 2.74 bits per heavy atom. The van der Waals surface area contributed by atoms with E-state index in [1.165, 1.54) is 0 Å². The molecule has 0 fully saturated rings. The van der Waals surface area contributed by atoms with Crippen molar-refractivity contribution >= 4 is 21.9 Å². The summed E-state index contributed by atoms with van der Waals surface area (Å²) in [5, 5.41) is 13.6. The zero-order valence-corrected chi connectivity index (χ0v) is 11.9. The highest BCUT2D eigenvalue weighted by atomic mass is 79.9. The smallest absolute Gasteiger partial charge is 0.356 e. The molecular weight excluding hydrogens is 308 g/mol. The Balaban J connectivity index is 2.22. The molecule has 0 bridgehead atoms. The van der Waals surface area contributed by atoms with Gasteiger partial charge in [0.2, 0.25) is 0 Å². The summed E-state index contributed by atoms with van der Waals surface area (Å²) in [4.78, 5) is 11.3. The van der Waals surface area contributed by atoms with Gasteiger partial charge in [-0.25, -0.2) is 9.48 Å². The van der Waals surface area contributed by atoms with Crippen molar-refractivity contribution < 1.29 is 9.90 Å². The highest BCUT2D eigenvalue weighted by Crippen LogP contribution is 2.29. The molecule has 1 N–H and O–H groups in total. The molecule has 19 heavy (non-hydrogen) atoms. The number of carboxylic acids is 1. The molecule has 0 saturated carbocycles. The van der Waals surface area contributed by atoms with Gasteiger partial charge in [0.1, 0.15) is 0 Å². The van der Waals surface area contributed by atoms with Crippen molar-refractivity contribution in [3.05, 3.63) is 45.7 Å². The molecule has 1 aromatic heterocycles. The van der Waals surface area contributed by atoms with Gasteiger partial charge in [0.05, 0.1) is 5.69 Å².